The SMILES string of the molecule is CCOc1ccccc1NC(=O)N([C@H](C)c1ccccc1)[C@H](C)c1nc2ccccc2n(C)c1=O. The quantitative estimate of drug-likeness (QED) is 0.377. The minimum absolute atomic E-state index is 0.232. The number of ether oxygens (including phenoxy) is 1. The highest BCUT2D eigenvalue weighted by Gasteiger charge is 2.31. The van der Waals surface area contributed by atoms with E-state index in [1.165, 1.54) is 0 Å². The Morgan fingerprint density at radius 3 is 2.37 bits per heavy atom. The number of fused-ring (bicyclic) bond motifs is 1. The Labute approximate surface area is 205 Å². The van der Waals surface area contributed by atoms with E-state index >= 15 is 0 Å². The monoisotopic (exact) mass is 470 g/mol. The largest absolute Gasteiger partial charge is 0.492 e. The van der Waals surface area contributed by atoms with Gasteiger partial charge in [0.2, 0.25) is 0 Å². The summed E-state index contributed by atoms with van der Waals surface area (Å²) < 4.78 is 7.28. The highest BCUT2D eigenvalue weighted by Crippen LogP contribution is 2.31. The number of carbonyl (C=O) groups excluding carboxylic acids is 1. The van der Waals surface area contributed by atoms with E-state index in [1.807, 2.05) is 93.6 Å². The molecular weight excluding hydrogens is 440 g/mol. The van der Waals surface area contributed by atoms with Gasteiger partial charge in [0.1, 0.15) is 11.4 Å². The predicted octanol–water partition coefficient (Wildman–Crippen LogP) is 5.69. The molecule has 0 aliphatic heterocycles. The fourth-order valence-corrected chi connectivity index (χ4v) is 4.32. The van der Waals surface area contributed by atoms with E-state index in [2.05, 4.69) is 10.3 Å². The number of nitrogens with zero attached hydrogens (tertiary/aromatic N) is 3. The molecule has 0 aliphatic carbocycles. The number of anilines is 1. The van der Waals surface area contributed by atoms with Crippen LogP contribution in [-0.2, 0) is 7.05 Å². The summed E-state index contributed by atoms with van der Waals surface area (Å²) in [4.78, 5) is 33.5. The van der Waals surface area contributed by atoms with Crippen LogP contribution in [0.5, 0.6) is 5.75 Å². The number of benzene rings is 3. The van der Waals surface area contributed by atoms with Crippen molar-refractivity contribution in [1.82, 2.24) is 14.5 Å². The molecule has 0 saturated heterocycles. The zero-order valence-corrected chi connectivity index (χ0v) is 20.4. The Hall–Kier alpha value is -4.13. The molecule has 4 rings (SSSR count). The molecule has 0 aliphatic rings. The number of para-hydroxylation sites is 4. The van der Waals surface area contributed by atoms with Crippen LogP contribution in [0.15, 0.2) is 83.7 Å². The van der Waals surface area contributed by atoms with Crippen molar-refractivity contribution in [3.8, 4) is 5.75 Å². The first-order valence-corrected chi connectivity index (χ1v) is 11.7. The average molecular weight is 471 g/mol. The topological polar surface area (TPSA) is 76.5 Å². The van der Waals surface area contributed by atoms with Gasteiger partial charge in [0, 0.05) is 7.05 Å². The fraction of sp³-hybridized carbons (Fsp3) is 0.250. The number of aryl methyl sites for hydroxylation is 1. The normalized spacial score (nSPS) is 12.7. The smallest absolute Gasteiger partial charge is 0.323 e. The summed E-state index contributed by atoms with van der Waals surface area (Å²) in [5, 5.41) is 2.99. The second kappa shape index (κ2) is 10.4. The number of hydrogen-bond acceptors (Lipinski definition) is 4. The molecular formula is C28H30N4O3. The number of carbonyl (C=O) groups is 1. The van der Waals surface area contributed by atoms with Crippen LogP contribution in [0.3, 0.4) is 0 Å². The number of urea groups is 1. The van der Waals surface area contributed by atoms with Gasteiger partial charge in [-0.3, -0.25) is 4.79 Å². The lowest BCUT2D eigenvalue weighted by Crippen LogP contribution is -2.42. The maximum Gasteiger partial charge on any atom is 0.323 e. The van der Waals surface area contributed by atoms with E-state index in [0.717, 1.165) is 11.1 Å². The summed E-state index contributed by atoms with van der Waals surface area (Å²) in [5.41, 5.74) is 3.03. The predicted molar refractivity (Wildman–Crippen MR) is 139 cm³/mol. The zero-order chi connectivity index (χ0) is 24.9. The molecule has 4 aromatic rings. The lowest BCUT2D eigenvalue weighted by Gasteiger charge is -2.34. The minimum atomic E-state index is -0.604. The Morgan fingerprint density at radius 1 is 0.971 bits per heavy atom. The molecule has 0 saturated carbocycles. The first-order chi connectivity index (χ1) is 16.9. The van der Waals surface area contributed by atoms with Crippen molar-refractivity contribution in [2.45, 2.75) is 32.9 Å². The third-order valence-electron chi connectivity index (χ3n) is 6.18. The average Bonchev–Trinajstić information content (AvgIpc) is 2.88. The van der Waals surface area contributed by atoms with Gasteiger partial charge < -0.3 is 19.5 Å². The van der Waals surface area contributed by atoms with E-state index < -0.39 is 6.04 Å². The molecule has 0 radical (unpaired) electrons. The molecule has 1 N–H and O–H groups in total. The highest BCUT2D eigenvalue weighted by atomic mass is 16.5. The van der Waals surface area contributed by atoms with Crippen molar-refractivity contribution < 1.29 is 9.53 Å². The van der Waals surface area contributed by atoms with E-state index in [0.29, 0.717) is 29.3 Å². The van der Waals surface area contributed by atoms with Crippen LogP contribution >= 0.6 is 0 Å². The van der Waals surface area contributed by atoms with Crippen molar-refractivity contribution >= 4 is 22.8 Å². The van der Waals surface area contributed by atoms with Gasteiger partial charge in [-0.05, 0) is 50.6 Å². The van der Waals surface area contributed by atoms with Gasteiger partial charge in [0.25, 0.3) is 5.56 Å². The minimum Gasteiger partial charge on any atom is -0.492 e. The van der Waals surface area contributed by atoms with Crippen LogP contribution in [0.1, 0.15) is 44.1 Å². The Kier molecular flexibility index (Phi) is 7.15. The summed E-state index contributed by atoms with van der Waals surface area (Å²) in [6.07, 6.45) is 0. The number of nitrogens with one attached hydrogen (secondary N) is 1. The van der Waals surface area contributed by atoms with Crippen molar-refractivity contribution in [2.24, 2.45) is 7.05 Å². The third kappa shape index (κ3) is 4.89. The lowest BCUT2D eigenvalue weighted by atomic mass is 10.0. The van der Waals surface area contributed by atoms with E-state index in [4.69, 9.17) is 4.74 Å². The van der Waals surface area contributed by atoms with Crippen molar-refractivity contribution in [2.75, 3.05) is 11.9 Å². The van der Waals surface area contributed by atoms with Gasteiger partial charge in [-0.25, -0.2) is 9.78 Å². The standard InChI is InChI=1S/C28H30N4O3/c1-5-35-25-18-12-10-16-23(25)30-28(34)32(19(2)21-13-7-6-8-14-21)20(3)26-27(33)31(4)24-17-11-9-15-22(24)29-26/h6-20H,5H2,1-4H3,(H,30,34)/t19-,20-/m1/s1. The molecule has 3 aromatic carbocycles. The molecule has 35 heavy (non-hydrogen) atoms. The Bertz CT molecular complexity index is 1380. The second-order valence-electron chi connectivity index (χ2n) is 8.38. The van der Waals surface area contributed by atoms with Crippen LogP contribution in [0.4, 0.5) is 10.5 Å². The van der Waals surface area contributed by atoms with E-state index in [9.17, 15) is 9.59 Å². The number of aromatic nitrogens is 2. The molecule has 0 bridgehead atoms. The van der Waals surface area contributed by atoms with Crippen molar-refractivity contribution in [1.29, 1.82) is 0 Å². The first kappa shape index (κ1) is 24.0. The van der Waals surface area contributed by atoms with Gasteiger partial charge in [0.15, 0.2) is 0 Å². The van der Waals surface area contributed by atoms with Crippen LogP contribution in [0.2, 0.25) is 0 Å². The third-order valence-corrected chi connectivity index (χ3v) is 6.18. The summed E-state index contributed by atoms with van der Waals surface area (Å²) in [7, 11) is 1.73. The molecule has 7 nitrogen and oxygen atoms in total. The molecule has 0 spiro atoms. The Balaban J connectivity index is 1.78. The van der Waals surface area contributed by atoms with E-state index in [1.54, 1.807) is 22.6 Å². The maximum absolute atomic E-state index is 13.8. The summed E-state index contributed by atoms with van der Waals surface area (Å²) in [6.45, 7) is 6.16. The van der Waals surface area contributed by atoms with Gasteiger partial charge in [-0.15, -0.1) is 0 Å². The van der Waals surface area contributed by atoms with Gasteiger partial charge >= 0.3 is 6.03 Å². The molecule has 2 atom stereocenters. The van der Waals surface area contributed by atoms with Gasteiger partial charge in [-0.1, -0.05) is 54.6 Å². The number of hydrogen-bond donors (Lipinski definition) is 1. The zero-order valence-electron chi connectivity index (χ0n) is 20.4. The fourth-order valence-electron chi connectivity index (χ4n) is 4.32. The highest BCUT2D eigenvalue weighted by molar-refractivity contribution is 5.91. The Morgan fingerprint density at radius 2 is 1.63 bits per heavy atom. The lowest BCUT2D eigenvalue weighted by molar-refractivity contribution is 0.165. The van der Waals surface area contributed by atoms with Crippen molar-refractivity contribution in [3.63, 3.8) is 0 Å². The van der Waals surface area contributed by atoms with Crippen LogP contribution in [0, 0.1) is 0 Å². The first-order valence-electron chi connectivity index (χ1n) is 11.7. The molecule has 180 valence electrons. The van der Waals surface area contributed by atoms with Gasteiger partial charge in [-0.2, -0.15) is 0 Å². The van der Waals surface area contributed by atoms with Gasteiger partial charge in [0.05, 0.1) is 35.4 Å². The summed E-state index contributed by atoms with van der Waals surface area (Å²) in [6, 6.07) is 23.3. The summed E-state index contributed by atoms with van der Waals surface area (Å²) >= 11 is 0. The number of amides is 2. The molecule has 1 aromatic heterocycles. The molecule has 7 heteroatoms. The van der Waals surface area contributed by atoms with Crippen LogP contribution < -0.4 is 15.6 Å². The molecule has 2 amide bonds. The molecule has 0 fully saturated rings. The van der Waals surface area contributed by atoms with Crippen molar-refractivity contribution in [3.05, 3.63) is 100 Å². The van der Waals surface area contributed by atoms with Crippen LogP contribution in [-0.4, -0.2) is 27.1 Å². The maximum atomic E-state index is 13.8. The second-order valence-corrected chi connectivity index (χ2v) is 8.38. The van der Waals surface area contributed by atoms with Crippen LogP contribution in [0.25, 0.3) is 11.0 Å². The molecule has 1 heterocycles. The van der Waals surface area contributed by atoms with E-state index in [-0.39, 0.29) is 17.6 Å². The number of rotatable bonds is 7. The summed E-state index contributed by atoms with van der Waals surface area (Å²) in [5.74, 6) is 0.586. The molecule has 0 unspecified atom stereocenters.